The van der Waals surface area contributed by atoms with Gasteiger partial charge in [-0.3, -0.25) is 9.58 Å². The van der Waals surface area contributed by atoms with Gasteiger partial charge in [-0.05, 0) is 27.1 Å². The van der Waals surface area contributed by atoms with Gasteiger partial charge in [-0.2, -0.15) is 0 Å². The Kier molecular flexibility index (Phi) is 5.51. The first-order valence-corrected chi connectivity index (χ1v) is 7.55. The van der Waals surface area contributed by atoms with Crippen LogP contribution in [-0.2, 0) is 13.1 Å². The summed E-state index contributed by atoms with van der Waals surface area (Å²) in [6.07, 6.45) is 3.32. The van der Waals surface area contributed by atoms with E-state index in [0.29, 0.717) is 12.1 Å². The number of likely N-dealkylation sites (N-methyl/N-ethyl adjacent to an activating group) is 1. The number of nitrogens with zero attached hydrogens (tertiary/aromatic N) is 5. The molecular weight excluding hydrogens is 252 g/mol. The van der Waals surface area contributed by atoms with Crippen LogP contribution >= 0.6 is 0 Å². The van der Waals surface area contributed by atoms with E-state index < -0.39 is 0 Å². The third kappa shape index (κ3) is 4.54. The molecule has 1 aromatic heterocycles. The van der Waals surface area contributed by atoms with E-state index in [9.17, 15) is 0 Å². The van der Waals surface area contributed by atoms with E-state index in [4.69, 9.17) is 0 Å². The summed E-state index contributed by atoms with van der Waals surface area (Å²) in [4.78, 5) is 4.84. The molecule has 20 heavy (non-hydrogen) atoms. The maximum absolute atomic E-state index is 4.20. The molecule has 6 nitrogen and oxygen atoms in total. The number of likely N-dealkylation sites (tertiary alicyclic amines) is 1. The van der Waals surface area contributed by atoms with E-state index in [1.807, 2.05) is 4.68 Å². The molecule has 0 radical (unpaired) electrons. The Morgan fingerprint density at radius 1 is 1.40 bits per heavy atom. The lowest BCUT2D eigenvalue weighted by Gasteiger charge is -2.20. The molecule has 0 amide bonds. The molecule has 1 fully saturated rings. The van der Waals surface area contributed by atoms with Crippen molar-refractivity contribution in [3.8, 4) is 0 Å². The molecule has 1 saturated heterocycles. The van der Waals surface area contributed by atoms with E-state index in [-0.39, 0.29) is 0 Å². The van der Waals surface area contributed by atoms with Crippen LogP contribution in [0, 0.1) is 0 Å². The lowest BCUT2D eigenvalue weighted by Crippen LogP contribution is -2.32. The molecule has 0 bridgehead atoms. The van der Waals surface area contributed by atoms with Crippen molar-refractivity contribution < 1.29 is 0 Å². The fourth-order valence-corrected chi connectivity index (χ4v) is 2.52. The van der Waals surface area contributed by atoms with Gasteiger partial charge in [-0.1, -0.05) is 19.1 Å². The Morgan fingerprint density at radius 3 is 2.85 bits per heavy atom. The van der Waals surface area contributed by atoms with Crippen LogP contribution in [0.3, 0.4) is 0 Å². The summed E-state index contributed by atoms with van der Waals surface area (Å²) < 4.78 is 1.96. The lowest BCUT2D eigenvalue weighted by molar-refractivity contribution is 0.260. The first-order valence-electron chi connectivity index (χ1n) is 7.55. The second kappa shape index (κ2) is 7.15. The molecule has 0 spiro atoms. The highest BCUT2D eigenvalue weighted by Crippen LogP contribution is 2.12. The Bertz CT molecular complexity index is 400. The molecule has 1 atom stereocenters. The average molecular weight is 280 g/mol. The first kappa shape index (κ1) is 15.4. The smallest absolute Gasteiger partial charge is 0.0964 e. The van der Waals surface area contributed by atoms with Gasteiger partial charge in [-0.25, -0.2) is 0 Å². The van der Waals surface area contributed by atoms with Gasteiger partial charge in [-0.15, -0.1) is 5.10 Å². The maximum atomic E-state index is 4.20. The fourth-order valence-electron chi connectivity index (χ4n) is 2.52. The third-order valence-corrected chi connectivity index (χ3v) is 3.90. The van der Waals surface area contributed by atoms with Crippen LogP contribution in [0.15, 0.2) is 6.20 Å². The summed E-state index contributed by atoms with van der Waals surface area (Å²) in [5, 5.41) is 11.8. The third-order valence-electron chi connectivity index (χ3n) is 3.90. The van der Waals surface area contributed by atoms with Crippen molar-refractivity contribution in [3.05, 3.63) is 11.9 Å². The van der Waals surface area contributed by atoms with Gasteiger partial charge in [0, 0.05) is 37.9 Å². The molecular formula is C14H28N6. The summed E-state index contributed by atoms with van der Waals surface area (Å²) in [6, 6.07) is 1.18. The van der Waals surface area contributed by atoms with Crippen molar-refractivity contribution in [1.82, 2.24) is 30.1 Å². The maximum Gasteiger partial charge on any atom is 0.0964 e. The second-order valence-corrected chi connectivity index (χ2v) is 6.22. The predicted molar refractivity (Wildman–Crippen MR) is 80.5 cm³/mol. The molecule has 0 saturated carbocycles. The average Bonchev–Trinajstić information content (AvgIpc) is 3.03. The van der Waals surface area contributed by atoms with Gasteiger partial charge in [0.15, 0.2) is 0 Å². The van der Waals surface area contributed by atoms with Crippen LogP contribution in [0.1, 0.15) is 26.0 Å². The topological polar surface area (TPSA) is 49.2 Å². The van der Waals surface area contributed by atoms with E-state index in [1.165, 1.54) is 19.5 Å². The minimum absolute atomic E-state index is 0.479. The quantitative estimate of drug-likeness (QED) is 0.784. The number of aromatic nitrogens is 3. The number of hydrogen-bond acceptors (Lipinski definition) is 5. The van der Waals surface area contributed by atoms with E-state index in [2.05, 4.69) is 59.6 Å². The molecule has 2 rings (SSSR count). The monoisotopic (exact) mass is 280 g/mol. The van der Waals surface area contributed by atoms with E-state index in [0.717, 1.165) is 25.3 Å². The van der Waals surface area contributed by atoms with Crippen LogP contribution in [0.4, 0.5) is 0 Å². The summed E-state index contributed by atoms with van der Waals surface area (Å²) in [5.41, 5.74) is 1.02. The summed E-state index contributed by atoms with van der Waals surface area (Å²) in [5.74, 6) is 0. The normalized spacial score (nSPS) is 20.4. The molecule has 1 aliphatic heterocycles. The van der Waals surface area contributed by atoms with Crippen molar-refractivity contribution in [2.75, 3.05) is 33.7 Å². The summed E-state index contributed by atoms with van der Waals surface area (Å²) in [6.45, 7) is 9.42. The standard InChI is InChI=1S/C14H28N6/c1-12(2)15-9-13-10-20(17-16-13)8-7-19-6-5-14(11-19)18(3)4/h10,12,14-15H,5-9,11H2,1-4H3. The molecule has 0 aromatic carbocycles. The van der Waals surface area contributed by atoms with Crippen LogP contribution < -0.4 is 5.32 Å². The Balaban J connectivity index is 1.72. The molecule has 1 unspecified atom stereocenters. The van der Waals surface area contributed by atoms with Gasteiger partial charge in [0.25, 0.3) is 0 Å². The number of rotatable bonds is 7. The molecule has 1 aromatic rings. The fraction of sp³-hybridized carbons (Fsp3) is 0.857. The molecule has 1 N–H and O–H groups in total. The van der Waals surface area contributed by atoms with Crippen molar-refractivity contribution in [3.63, 3.8) is 0 Å². The first-order chi connectivity index (χ1) is 9.54. The number of nitrogens with one attached hydrogen (secondary N) is 1. The number of hydrogen-bond donors (Lipinski definition) is 1. The molecule has 0 aliphatic carbocycles. The molecule has 1 aliphatic rings. The second-order valence-electron chi connectivity index (χ2n) is 6.22. The SMILES string of the molecule is CC(C)NCc1cn(CCN2CCC(N(C)C)C2)nn1. The van der Waals surface area contributed by atoms with Crippen LogP contribution in [0.25, 0.3) is 0 Å². The Labute approximate surface area is 122 Å². The minimum Gasteiger partial charge on any atom is -0.309 e. The Hall–Kier alpha value is -0.980. The van der Waals surface area contributed by atoms with Gasteiger partial charge in [0.2, 0.25) is 0 Å². The van der Waals surface area contributed by atoms with Gasteiger partial charge in [0.1, 0.15) is 0 Å². The zero-order chi connectivity index (χ0) is 14.5. The predicted octanol–water partition coefficient (Wildman–Crippen LogP) is 0.412. The molecule has 2 heterocycles. The minimum atomic E-state index is 0.479. The van der Waals surface area contributed by atoms with Gasteiger partial charge >= 0.3 is 0 Å². The summed E-state index contributed by atoms with van der Waals surface area (Å²) >= 11 is 0. The summed E-state index contributed by atoms with van der Waals surface area (Å²) in [7, 11) is 4.33. The highest BCUT2D eigenvalue weighted by Gasteiger charge is 2.23. The van der Waals surface area contributed by atoms with Crippen molar-refractivity contribution in [2.45, 2.75) is 45.4 Å². The Morgan fingerprint density at radius 2 is 2.20 bits per heavy atom. The highest BCUT2D eigenvalue weighted by molar-refractivity contribution is 4.92. The zero-order valence-corrected chi connectivity index (χ0v) is 13.2. The zero-order valence-electron chi connectivity index (χ0n) is 13.2. The van der Waals surface area contributed by atoms with Gasteiger partial charge in [0.05, 0.1) is 12.2 Å². The van der Waals surface area contributed by atoms with Crippen LogP contribution in [-0.4, -0.2) is 70.6 Å². The molecule has 114 valence electrons. The van der Waals surface area contributed by atoms with Gasteiger partial charge < -0.3 is 10.2 Å². The van der Waals surface area contributed by atoms with Crippen molar-refractivity contribution >= 4 is 0 Å². The van der Waals surface area contributed by atoms with E-state index in [1.54, 1.807) is 0 Å². The molecule has 6 heteroatoms. The lowest BCUT2D eigenvalue weighted by atomic mass is 10.2. The van der Waals surface area contributed by atoms with Crippen LogP contribution in [0.2, 0.25) is 0 Å². The van der Waals surface area contributed by atoms with Crippen LogP contribution in [0.5, 0.6) is 0 Å². The van der Waals surface area contributed by atoms with Crippen molar-refractivity contribution in [1.29, 1.82) is 0 Å². The highest BCUT2D eigenvalue weighted by atomic mass is 15.4. The van der Waals surface area contributed by atoms with E-state index >= 15 is 0 Å². The van der Waals surface area contributed by atoms with Crippen molar-refractivity contribution in [2.24, 2.45) is 0 Å². The largest absolute Gasteiger partial charge is 0.309 e.